The lowest BCUT2D eigenvalue weighted by atomic mass is 9.91. The Kier molecular flexibility index (Phi) is 6.07. The van der Waals surface area contributed by atoms with Gasteiger partial charge >= 0.3 is 0 Å². The minimum absolute atomic E-state index is 0.450. The summed E-state index contributed by atoms with van der Waals surface area (Å²) in [6.07, 6.45) is 5.85. The summed E-state index contributed by atoms with van der Waals surface area (Å²) in [6.45, 7) is 1.07. The maximum Gasteiger partial charge on any atom is 0.225 e. The Bertz CT molecular complexity index is 885. The van der Waals surface area contributed by atoms with Crippen LogP contribution in [0.4, 0.5) is 11.8 Å². The van der Waals surface area contributed by atoms with Crippen molar-refractivity contribution >= 4 is 34.0 Å². The molecule has 4 rings (SSSR count). The summed E-state index contributed by atoms with van der Waals surface area (Å²) in [5.41, 5.74) is 2.44. The third-order valence-electron chi connectivity index (χ3n) is 5.49. The van der Waals surface area contributed by atoms with Gasteiger partial charge in [0.25, 0.3) is 0 Å². The molecule has 0 aliphatic heterocycles. The second-order valence-electron chi connectivity index (χ2n) is 7.81. The zero-order valence-corrected chi connectivity index (χ0v) is 17.5. The lowest BCUT2D eigenvalue weighted by Gasteiger charge is -2.30. The van der Waals surface area contributed by atoms with Crippen LogP contribution in [0.3, 0.4) is 0 Å². The van der Waals surface area contributed by atoms with E-state index in [-0.39, 0.29) is 0 Å². The normalized spacial score (nSPS) is 19.6. The van der Waals surface area contributed by atoms with Crippen LogP contribution in [0.15, 0.2) is 41.1 Å². The third kappa shape index (κ3) is 4.62. The van der Waals surface area contributed by atoms with Crippen LogP contribution < -0.4 is 15.5 Å². The summed E-state index contributed by atoms with van der Waals surface area (Å²) in [5, 5.41) is 12.8. The number of aromatic nitrogens is 2. The van der Waals surface area contributed by atoms with Crippen LogP contribution in [0.1, 0.15) is 31.2 Å². The van der Waals surface area contributed by atoms with Crippen molar-refractivity contribution in [1.29, 1.82) is 0 Å². The molecular weight excluding hydrogens is 366 g/mol. The largest absolute Gasteiger partial charge is 0.362 e. The third-order valence-corrected chi connectivity index (χ3v) is 6.23. The Morgan fingerprint density at radius 3 is 2.57 bits per heavy atom. The summed E-state index contributed by atoms with van der Waals surface area (Å²) < 4.78 is 0. The first-order valence-electron chi connectivity index (χ1n) is 10.1. The van der Waals surface area contributed by atoms with Crippen molar-refractivity contribution in [3.8, 4) is 0 Å². The first-order chi connectivity index (χ1) is 13.7. The van der Waals surface area contributed by atoms with E-state index in [4.69, 9.17) is 9.97 Å². The molecule has 2 heterocycles. The van der Waals surface area contributed by atoms with Gasteiger partial charge in [0.15, 0.2) is 0 Å². The first-order valence-corrected chi connectivity index (χ1v) is 11.1. The monoisotopic (exact) mass is 395 g/mol. The molecule has 0 bridgehead atoms. The van der Waals surface area contributed by atoms with Crippen molar-refractivity contribution in [1.82, 2.24) is 15.3 Å². The Hall–Kier alpha value is -2.18. The second kappa shape index (κ2) is 8.88. The Balaban J connectivity index is 1.32. The standard InChI is InChI=1S/C22H29N5S/c1-27(2)21-19-5-3-4-6-20(19)25-22(26-21)24-18-9-7-17(8-10-18)23-13-11-16-12-14-28-15-16/h3-6,12,14-15,17-18,23H,7-11,13H2,1-2H3,(H,24,25,26). The van der Waals surface area contributed by atoms with Gasteiger partial charge in [0.05, 0.1) is 5.52 Å². The molecule has 6 heteroatoms. The fourth-order valence-corrected chi connectivity index (χ4v) is 4.65. The number of fused-ring (bicyclic) bond motifs is 1. The fraction of sp³-hybridized carbons (Fsp3) is 0.455. The molecular formula is C22H29N5S. The van der Waals surface area contributed by atoms with E-state index in [1.165, 1.54) is 18.4 Å². The van der Waals surface area contributed by atoms with Crippen LogP contribution in [-0.2, 0) is 6.42 Å². The van der Waals surface area contributed by atoms with Crippen molar-refractivity contribution in [3.05, 3.63) is 46.7 Å². The molecule has 0 unspecified atom stereocenters. The van der Waals surface area contributed by atoms with E-state index in [2.05, 4.69) is 44.5 Å². The number of benzene rings is 1. The average Bonchev–Trinajstić information content (AvgIpc) is 3.22. The molecule has 1 fully saturated rings. The maximum absolute atomic E-state index is 4.78. The van der Waals surface area contributed by atoms with Gasteiger partial charge in [-0.15, -0.1) is 0 Å². The molecule has 1 saturated carbocycles. The van der Waals surface area contributed by atoms with Crippen LogP contribution in [0, 0.1) is 0 Å². The van der Waals surface area contributed by atoms with E-state index in [0.717, 1.165) is 48.5 Å². The van der Waals surface area contributed by atoms with Crippen molar-refractivity contribution in [2.45, 2.75) is 44.2 Å². The van der Waals surface area contributed by atoms with E-state index in [1.54, 1.807) is 11.3 Å². The molecule has 5 nitrogen and oxygen atoms in total. The minimum atomic E-state index is 0.450. The van der Waals surface area contributed by atoms with Crippen molar-refractivity contribution in [3.63, 3.8) is 0 Å². The SMILES string of the molecule is CN(C)c1nc(NC2CCC(NCCc3ccsc3)CC2)nc2ccccc12. The zero-order valence-electron chi connectivity index (χ0n) is 16.7. The molecule has 0 saturated heterocycles. The summed E-state index contributed by atoms with van der Waals surface area (Å²) in [4.78, 5) is 11.6. The minimum Gasteiger partial charge on any atom is -0.362 e. The molecule has 0 radical (unpaired) electrons. The number of hydrogen-bond donors (Lipinski definition) is 2. The van der Waals surface area contributed by atoms with Crippen LogP contribution in [0.5, 0.6) is 0 Å². The van der Waals surface area contributed by atoms with Crippen LogP contribution in [0.25, 0.3) is 10.9 Å². The van der Waals surface area contributed by atoms with Crippen molar-refractivity contribution < 1.29 is 0 Å². The highest BCUT2D eigenvalue weighted by atomic mass is 32.1. The van der Waals surface area contributed by atoms with Gasteiger partial charge in [0.2, 0.25) is 5.95 Å². The summed E-state index contributed by atoms with van der Waals surface area (Å²) in [7, 11) is 4.07. The predicted octanol–water partition coefficient (Wildman–Crippen LogP) is 4.31. The molecule has 3 aromatic rings. The number of nitrogens with one attached hydrogen (secondary N) is 2. The second-order valence-corrected chi connectivity index (χ2v) is 8.59. The highest BCUT2D eigenvalue weighted by Crippen LogP contribution is 2.26. The van der Waals surface area contributed by atoms with Crippen LogP contribution in [0.2, 0.25) is 0 Å². The average molecular weight is 396 g/mol. The fourth-order valence-electron chi connectivity index (χ4n) is 3.95. The first kappa shape index (κ1) is 19.2. The van der Waals surface area contributed by atoms with Gasteiger partial charge in [0.1, 0.15) is 5.82 Å². The predicted molar refractivity (Wildman–Crippen MR) is 120 cm³/mol. The molecule has 2 aromatic heterocycles. The quantitative estimate of drug-likeness (QED) is 0.624. The highest BCUT2D eigenvalue weighted by Gasteiger charge is 2.22. The molecule has 1 aromatic carbocycles. The summed E-state index contributed by atoms with van der Waals surface area (Å²) in [5.74, 6) is 1.72. The molecule has 1 aliphatic carbocycles. The number of hydrogen-bond acceptors (Lipinski definition) is 6. The lowest BCUT2D eigenvalue weighted by Crippen LogP contribution is -2.38. The van der Waals surface area contributed by atoms with Crippen molar-refractivity contribution in [2.75, 3.05) is 30.9 Å². The summed E-state index contributed by atoms with van der Waals surface area (Å²) >= 11 is 1.78. The van der Waals surface area contributed by atoms with Gasteiger partial charge in [-0.2, -0.15) is 16.3 Å². The van der Waals surface area contributed by atoms with Gasteiger partial charge < -0.3 is 15.5 Å². The highest BCUT2D eigenvalue weighted by molar-refractivity contribution is 7.07. The van der Waals surface area contributed by atoms with E-state index in [9.17, 15) is 0 Å². The number of rotatable bonds is 7. The molecule has 0 spiro atoms. The molecule has 0 amide bonds. The van der Waals surface area contributed by atoms with E-state index < -0.39 is 0 Å². The van der Waals surface area contributed by atoms with Gasteiger partial charge in [-0.3, -0.25) is 0 Å². The Morgan fingerprint density at radius 2 is 1.82 bits per heavy atom. The smallest absolute Gasteiger partial charge is 0.225 e. The van der Waals surface area contributed by atoms with Crippen LogP contribution in [-0.4, -0.2) is 42.7 Å². The maximum atomic E-state index is 4.78. The van der Waals surface area contributed by atoms with Gasteiger partial charge in [0, 0.05) is 31.6 Å². The summed E-state index contributed by atoms with van der Waals surface area (Å²) in [6, 6.07) is 11.5. The van der Waals surface area contributed by atoms with E-state index >= 15 is 0 Å². The van der Waals surface area contributed by atoms with Crippen LogP contribution >= 0.6 is 11.3 Å². The molecule has 2 N–H and O–H groups in total. The lowest BCUT2D eigenvalue weighted by molar-refractivity contribution is 0.355. The van der Waals surface area contributed by atoms with Gasteiger partial charge in [-0.1, -0.05) is 12.1 Å². The van der Waals surface area contributed by atoms with Crippen molar-refractivity contribution in [2.24, 2.45) is 0 Å². The molecule has 28 heavy (non-hydrogen) atoms. The Labute approximate surface area is 171 Å². The molecule has 0 atom stereocenters. The number of thiophene rings is 1. The number of anilines is 2. The molecule has 148 valence electrons. The number of nitrogens with zero attached hydrogens (tertiary/aromatic N) is 3. The van der Waals surface area contributed by atoms with Gasteiger partial charge in [-0.25, -0.2) is 4.98 Å². The van der Waals surface area contributed by atoms with Gasteiger partial charge in [-0.05, 0) is 73.2 Å². The Morgan fingerprint density at radius 1 is 1.04 bits per heavy atom. The number of para-hydroxylation sites is 1. The molecule has 1 aliphatic rings. The van der Waals surface area contributed by atoms with E-state index in [1.807, 2.05) is 26.2 Å². The topological polar surface area (TPSA) is 53.1 Å². The zero-order chi connectivity index (χ0) is 19.3. The van der Waals surface area contributed by atoms with E-state index in [0.29, 0.717) is 12.1 Å².